The van der Waals surface area contributed by atoms with Gasteiger partial charge in [0.05, 0.1) is 0 Å². The maximum Gasteiger partial charge on any atom is 0.326 e. The Morgan fingerprint density at radius 1 is 1.15 bits per heavy atom. The molecule has 0 heterocycles. The number of carbonyl (C=O) groups is 2. The standard InChI is InChI=1S/C15H30N2O3/c1-10(2)9-13(15(19)20)17-14(18)6-5-12(7-8-16)11(3)4/h10-13H,5-9,16H2,1-4H3,(H,17,18)(H,19,20)/t12?,13-/m0/s1. The van der Waals surface area contributed by atoms with Gasteiger partial charge in [0.25, 0.3) is 0 Å². The average molecular weight is 286 g/mol. The molecule has 0 aromatic carbocycles. The molecule has 0 aliphatic heterocycles. The zero-order chi connectivity index (χ0) is 15.7. The van der Waals surface area contributed by atoms with Crippen LogP contribution >= 0.6 is 0 Å². The Hall–Kier alpha value is -1.10. The van der Waals surface area contributed by atoms with Gasteiger partial charge in [-0.1, -0.05) is 27.7 Å². The van der Waals surface area contributed by atoms with E-state index in [9.17, 15) is 9.59 Å². The average Bonchev–Trinajstić information content (AvgIpc) is 2.32. The third-order valence-corrected chi connectivity index (χ3v) is 3.56. The van der Waals surface area contributed by atoms with Crippen molar-refractivity contribution in [3.05, 3.63) is 0 Å². The first-order valence-corrected chi connectivity index (χ1v) is 7.50. The van der Waals surface area contributed by atoms with Gasteiger partial charge in [-0.05, 0) is 43.6 Å². The highest BCUT2D eigenvalue weighted by Crippen LogP contribution is 2.20. The Morgan fingerprint density at radius 2 is 1.75 bits per heavy atom. The van der Waals surface area contributed by atoms with Gasteiger partial charge in [-0.25, -0.2) is 4.79 Å². The van der Waals surface area contributed by atoms with Crippen molar-refractivity contribution < 1.29 is 14.7 Å². The van der Waals surface area contributed by atoms with Crippen LogP contribution in [0.15, 0.2) is 0 Å². The summed E-state index contributed by atoms with van der Waals surface area (Å²) in [5.41, 5.74) is 5.57. The molecular formula is C15H30N2O3. The molecule has 4 N–H and O–H groups in total. The molecule has 2 atom stereocenters. The van der Waals surface area contributed by atoms with Gasteiger partial charge < -0.3 is 16.2 Å². The van der Waals surface area contributed by atoms with Crippen LogP contribution in [0.4, 0.5) is 0 Å². The van der Waals surface area contributed by atoms with Gasteiger partial charge in [-0.15, -0.1) is 0 Å². The van der Waals surface area contributed by atoms with Crippen LogP contribution in [0.2, 0.25) is 0 Å². The lowest BCUT2D eigenvalue weighted by molar-refractivity contribution is -0.142. The highest BCUT2D eigenvalue weighted by molar-refractivity contribution is 5.83. The largest absolute Gasteiger partial charge is 0.480 e. The zero-order valence-electron chi connectivity index (χ0n) is 13.2. The zero-order valence-corrected chi connectivity index (χ0v) is 13.2. The van der Waals surface area contributed by atoms with Gasteiger partial charge in [0, 0.05) is 6.42 Å². The normalized spacial score (nSPS) is 14.3. The number of rotatable bonds is 10. The number of hydrogen-bond acceptors (Lipinski definition) is 3. The van der Waals surface area contributed by atoms with Crippen molar-refractivity contribution in [2.24, 2.45) is 23.5 Å². The van der Waals surface area contributed by atoms with Crippen molar-refractivity contribution >= 4 is 11.9 Å². The van der Waals surface area contributed by atoms with E-state index in [1.807, 2.05) is 13.8 Å². The van der Waals surface area contributed by atoms with Crippen molar-refractivity contribution in [2.45, 2.75) is 59.4 Å². The van der Waals surface area contributed by atoms with E-state index in [0.29, 0.717) is 31.2 Å². The van der Waals surface area contributed by atoms with E-state index in [0.717, 1.165) is 12.8 Å². The lowest BCUT2D eigenvalue weighted by Gasteiger charge is -2.21. The fraction of sp³-hybridized carbons (Fsp3) is 0.867. The second kappa shape index (κ2) is 9.75. The topological polar surface area (TPSA) is 92.4 Å². The molecule has 0 aliphatic carbocycles. The van der Waals surface area contributed by atoms with E-state index in [2.05, 4.69) is 19.2 Å². The summed E-state index contributed by atoms with van der Waals surface area (Å²) < 4.78 is 0. The Kier molecular flexibility index (Phi) is 9.21. The molecule has 1 amide bonds. The van der Waals surface area contributed by atoms with Crippen LogP contribution in [0.5, 0.6) is 0 Å². The summed E-state index contributed by atoms with van der Waals surface area (Å²) in [6.45, 7) is 8.75. The number of aliphatic carboxylic acids is 1. The molecule has 0 radical (unpaired) electrons. The molecule has 0 aromatic heterocycles. The summed E-state index contributed by atoms with van der Waals surface area (Å²) in [5.74, 6) is -0.0106. The second-order valence-electron chi connectivity index (χ2n) is 6.21. The Balaban J connectivity index is 4.28. The monoisotopic (exact) mass is 286 g/mol. The molecule has 0 aromatic rings. The van der Waals surface area contributed by atoms with E-state index in [-0.39, 0.29) is 11.8 Å². The first kappa shape index (κ1) is 18.9. The van der Waals surface area contributed by atoms with Gasteiger partial charge in [-0.2, -0.15) is 0 Å². The number of nitrogens with one attached hydrogen (secondary N) is 1. The van der Waals surface area contributed by atoms with Gasteiger partial charge in [-0.3, -0.25) is 4.79 Å². The van der Waals surface area contributed by atoms with Gasteiger partial charge in [0.1, 0.15) is 6.04 Å². The fourth-order valence-corrected chi connectivity index (χ4v) is 2.30. The summed E-state index contributed by atoms with van der Waals surface area (Å²) in [7, 11) is 0. The molecular weight excluding hydrogens is 256 g/mol. The van der Waals surface area contributed by atoms with Crippen LogP contribution < -0.4 is 11.1 Å². The molecule has 0 fully saturated rings. The van der Waals surface area contributed by atoms with Crippen LogP contribution in [0.1, 0.15) is 53.4 Å². The lowest BCUT2D eigenvalue weighted by Crippen LogP contribution is -2.41. The Morgan fingerprint density at radius 3 is 2.15 bits per heavy atom. The smallest absolute Gasteiger partial charge is 0.326 e. The van der Waals surface area contributed by atoms with Crippen molar-refractivity contribution in [1.82, 2.24) is 5.32 Å². The molecule has 1 unspecified atom stereocenters. The van der Waals surface area contributed by atoms with Crippen molar-refractivity contribution in [3.8, 4) is 0 Å². The van der Waals surface area contributed by atoms with E-state index in [1.54, 1.807) is 0 Å². The van der Waals surface area contributed by atoms with Crippen molar-refractivity contribution in [1.29, 1.82) is 0 Å². The van der Waals surface area contributed by atoms with Gasteiger partial charge >= 0.3 is 5.97 Å². The second-order valence-corrected chi connectivity index (χ2v) is 6.21. The molecule has 5 nitrogen and oxygen atoms in total. The first-order valence-electron chi connectivity index (χ1n) is 7.50. The predicted molar refractivity (Wildman–Crippen MR) is 80.3 cm³/mol. The molecule has 0 rings (SSSR count). The summed E-state index contributed by atoms with van der Waals surface area (Å²) in [6.07, 6.45) is 2.48. The number of carboxylic acids is 1. The molecule has 118 valence electrons. The third-order valence-electron chi connectivity index (χ3n) is 3.56. The van der Waals surface area contributed by atoms with E-state index >= 15 is 0 Å². The number of carbonyl (C=O) groups excluding carboxylic acids is 1. The number of carboxylic acid groups (broad SMARTS) is 1. The maximum atomic E-state index is 11.9. The molecule has 0 spiro atoms. The van der Waals surface area contributed by atoms with E-state index < -0.39 is 12.0 Å². The molecule has 5 heteroatoms. The third kappa shape index (κ3) is 8.15. The van der Waals surface area contributed by atoms with Crippen molar-refractivity contribution in [2.75, 3.05) is 6.54 Å². The molecule has 0 saturated carbocycles. The molecule has 20 heavy (non-hydrogen) atoms. The molecule has 0 aliphatic rings. The summed E-state index contributed by atoms with van der Waals surface area (Å²) in [6, 6.07) is -0.783. The number of nitrogens with two attached hydrogens (primary N) is 1. The van der Waals surface area contributed by atoms with Crippen LogP contribution in [0.3, 0.4) is 0 Å². The van der Waals surface area contributed by atoms with Crippen LogP contribution in [0, 0.1) is 17.8 Å². The summed E-state index contributed by atoms with van der Waals surface area (Å²) in [4.78, 5) is 23.0. The lowest BCUT2D eigenvalue weighted by atomic mass is 9.88. The minimum atomic E-state index is -0.964. The SMILES string of the molecule is CC(C)C[C@H](NC(=O)CCC(CCN)C(C)C)C(=O)O. The van der Waals surface area contributed by atoms with E-state index in [4.69, 9.17) is 10.8 Å². The first-order chi connectivity index (χ1) is 9.27. The minimum absolute atomic E-state index is 0.180. The quantitative estimate of drug-likeness (QED) is 0.572. The van der Waals surface area contributed by atoms with Crippen LogP contribution in [-0.4, -0.2) is 29.6 Å². The number of hydrogen-bond donors (Lipinski definition) is 3. The highest BCUT2D eigenvalue weighted by atomic mass is 16.4. The van der Waals surface area contributed by atoms with Crippen LogP contribution in [-0.2, 0) is 9.59 Å². The molecule has 0 bridgehead atoms. The van der Waals surface area contributed by atoms with Gasteiger partial charge in [0.2, 0.25) is 5.91 Å². The fourth-order valence-electron chi connectivity index (χ4n) is 2.30. The molecule has 0 saturated heterocycles. The Bertz CT molecular complexity index is 303. The highest BCUT2D eigenvalue weighted by Gasteiger charge is 2.22. The summed E-state index contributed by atoms with van der Waals surface area (Å²) >= 11 is 0. The maximum absolute atomic E-state index is 11.9. The number of amides is 1. The van der Waals surface area contributed by atoms with E-state index in [1.165, 1.54) is 0 Å². The predicted octanol–water partition coefficient (Wildman–Crippen LogP) is 2.00. The van der Waals surface area contributed by atoms with Crippen LogP contribution in [0.25, 0.3) is 0 Å². The summed E-state index contributed by atoms with van der Waals surface area (Å²) in [5, 5.41) is 11.7. The Labute approximate surface area is 122 Å². The van der Waals surface area contributed by atoms with Gasteiger partial charge in [0.15, 0.2) is 0 Å². The minimum Gasteiger partial charge on any atom is -0.480 e. The van der Waals surface area contributed by atoms with Crippen molar-refractivity contribution in [3.63, 3.8) is 0 Å².